The Balaban J connectivity index is 1.63. The molecule has 0 saturated heterocycles. The molecule has 6 aliphatic carbocycles. The molecule has 1 N–H and O–H groups in total. The first-order chi connectivity index (χ1) is 13.8. The van der Waals surface area contributed by atoms with Gasteiger partial charge in [0, 0.05) is 12.8 Å². The lowest BCUT2D eigenvalue weighted by Crippen LogP contribution is -3.03. The van der Waals surface area contributed by atoms with Gasteiger partial charge in [-0.05, 0) is 6.92 Å². The molecule has 174 valence electrons. The first kappa shape index (κ1) is 24.7. The van der Waals surface area contributed by atoms with Gasteiger partial charge in [0.15, 0.2) is 4.33 Å². The van der Waals surface area contributed by atoms with Gasteiger partial charge in [0.25, 0.3) is 0 Å². The number of ketones is 1. The molecule has 0 aromatic carbocycles. The zero-order valence-corrected chi connectivity index (χ0v) is 22.8. The molecule has 31 heavy (non-hydrogen) atoms. The fourth-order valence-corrected chi connectivity index (χ4v) is 16.1. The van der Waals surface area contributed by atoms with Crippen LogP contribution in [0, 0.1) is 0 Å². The Labute approximate surface area is 227 Å². The van der Waals surface area contributed by atoms with Gasteiger partial charge in [-0.15, -0.1) is 92.8 Å². The number of esters is 1. The van der Waals surface area contributed by atoms with Crippen LogP contribution in [0.4, 0.5) is 0 Å². The van der Waals surface area contributed by atoms with Gasteiger partial charge in [0.1, 0.15) is 50.4 Å². The maximum absolute atomic E-state index is 12.8. The molecule has 14 heteroatoms. The van der Waals surface area contributed by atoms with E-state index in [1.807, 2.05) is 0 Å². The molecule has 0 heterocycles. The van der Waals surface area contributed by atoms with Crippen LogP contribution in [-0.2, 0) is 14.3 Å². The molecule has 0 radical (unpaired) electrons. The van der Waals surface area contributed by atoms with Crippen LogP contribution in [0.2, 0.25) is 0 Å². The predicted molar refractivity (Wildman–Crippen MR) is 124 cm³/mol. The fraction of sp³-hybridized carbons (Fsp3) is 0.882. The van der Waals surface area contributed by atoms with Crippen LogP contribution < -0.4 is 0 Å². The van der Waals surface area contributed by atoms with Crippen molar-refractivity contribution in [3.8, 4) is 0 Å². The van der Waals surface area contributed by atoms with Crippen molar-refractivity contribution in [2.75, 3.05) is 6.61 Å². The zero-order chi connectivity index (χ0) is 23.7. The molecule has 6 fully saturated rings. The topological polar surface area (TPSA) is 63.6 Å². The summed E-state index contributed by atoms with van der Waals surface area (Å²) in [5.74, 6) is -1.15. The van der Waals surface area contributed by atoms with Crippen LogP contribution in [0.1, 0.15) is 26.2 Å². The molecule has 0 spiro atoms. The van der Waals surface area contributed by atoms with E-state index >= 15 is 0 Å². The highest BCUT2D eigenvalue weighted by atomic mass is 35.5. The molecule has 4 bridgehead atoms. The van der Waals surface area contributed by atoms with Gasteiger partial charge in [0.05, 0.1) is 13.0 Å². The average molecular weight is 635 g/mol. The summed E-state index contributed by atoms with van der Waals surface area (Å²) in [5, 5.41) is 11.9. The van der Waals surface area contributed by atoms with Crippen molar-refractivity contribution in [1.82, 2.24) is 0 Å². The Morgan fingerprint density at radius 2 is 1.06 bits per heavy atom. The van der Waals surface area contributed by atoms with Crippen molar-refractivity contribution in [2.45, 2.75) is 75.1 Å². The standard InChI is InChI=1S/C17H12Cl10O4/c1-2-31-7(29)4-3-6(28)5-8(30)9(18)11(20)13(22)10(8,19)14(23)12(9,21)15(11,24)17(26,27)16(13,14)25/h30H,2-5H2,1H3. The number of carbonyl (C=O) groups is 2. The second-order valence-corrected chi connectivity index (χ2v) is 14.6. The van der Waals surface area contributed by atoms with E-state index < -0.39 is 67.1 Å². The number of aliphatic hydroxyl groups is 1. The third kappa shape index (κ3) is 1.45. The summed E-state index contributed by atoms with van der Waals surface area (Å²) >= 11 is 68.7. The molecule has 4 unspecified atom stereocenters. The van der Waals surface area contributed by atoms with E-state index in [2.05, 4.69) is 0 Å². The summed E-state index contributed by atoms with van der Waals surface area (Å²) in [6.45, 7) is 1.79. The molecule has 6 saturated carbocycles. The Kier molecular flexibility index (Phi) is 4.59. The summed E-state index contributed by atoms with van der Waals surface area (Å²) in [7, 11) is 0. The molecule has 6 aliphatic rings. The number of carbonyl (C=O) groups excluding carboxylic acids is 2. The van der Waals surface area contributed by atoms with Crippen LogP contribution in [0.15, 0.2) is 0 Å². The summed E-state index contributed by atoms with van der Waals surface area (Å²) in [6, 6.07) is 0. The number of alkyl halides is 10. The maximum atomic E-state index is 12.8. The van der Waals surface area contributed by atoms with Crippen LogP contribution in [-0.4, -0.2) is 72.4 Å². The normalized spacial score (nSPS) is 63.1. The lowest BCUT2D eigenvalue weighted by molar-refractivity contribution is -0.145. The Bertz CT molecular complexity index is 900. The number of halogens is 10. The van der Waals surface area contributed by atoms with Gasteiger partial charge < -0.3 is 9.84 Å². The van der Waals surface area contributed by atoms with Gasteiger partial charge in [-0.3, -0.25) is 9.59 Å². The van der Waals surface area contributed by atoms with E-state index in [0.717, 1.165) is 0 Å². The number of hydrogen-bond donors (Lipinski definition) is 1. The van der Waals surface area contributed by atoms with E-state index in [0.29, 0.717) is 0 Å². The predicted octanol–water partition coefficient (Wildman–Crippen LogP) is 5.08. The van der Waals surface area contributed by atoms with Gasteiger partial charge >= 0.3 is 5.97 Å². The quantitative estimate of drug-likeness (QED) is 0.327. The molecule has 0 aromatic heterocycles. The highest BCUT2D eigenvalue weighted by molar-refractivity contribution is 6.78. The van der Waals surface area contributed by atoms with Crippen LogP contribution in [0.5, 0.6) is 0 Å². The van der Waals surface area contributed by atoms with Crippen molar-refractivity contribution in [2.24, 2.45) is 0 Å². The second kappa shape index (κ2) is 5.77. The Hall–Kier alpha value is 2.00. The number of ether oxygens (including phenoxy) is 1. The maximum Gasteiger partial charge on any atom is 0.306 e. The third-order valence-electron chi connectivity index (χ3n) is 8.12. The van der Waals surface area contributed by atoms with E-state index in [1.54, 1.807) is 6.92 Å². The smallest absolute Gasteiger partial charge is 0.306 e. The molecular formula is C17H12Cl10O4. The third-order valence-corrected chi connectivity index (χ3v) is 17.5. The number of rotatable bonds is 6. The highest BCUT2D eigenvalue weighted by Gasteiger charge is 3.32. The minimum absolute atomic E-state index is 0.161. The van der Waals surface area contributed by atoms with Crippen molar-refractivity contribution < 1.29 is 19.4 Å². The monoisotopic (exact) mass is 630 g/mol. The Morgan fingerprint density at radius 1 is 0.677 bits per heavy atom. The summed E-state index contributed by atoms with van der Waals surface area (Å²) in [5.41, 5.74) is -2.36. The van der Waals surface area contributed by atoms with E-state index in [-0.39, 0.29) is 19.4 Å². The zero-order valence-electron chi connectivity index (χ0n) is 15.3. The van der Waals surface area contributed by atoms with Crippen molar-refractivity contribution in [3.63, 3.8) is 0 Å². The lowest BCUT2D eigenvalue weighted by Gasteiger charge is -2.81. The van der Waals surface area contributed by atoms with Crippen molar-refractivity contribution in [3.05, 3.63) is 0 Å². The van der Waals surface area contributed by atoms with Crippen LogP contribution >= 0.6 is 116 Å². The lowest BCUT2D eigenvalue weighted by atomic mass is 9.41. The van der Waals surface area contributed by atoms with Gasteiger partial charge in [-0.1, -0.05) is 23.2 Å². The summed E-state index contributed by atoms with van der Waals surface area (Å²) in [6.07, 6.45) is -1.14. The van der Waals surface area contributed by atoms with Crippen LogP contribution in [0.3, 0.4) is 0 Å². The molecule has 0 amide bonds. The Morgan fingerprint density at radius 3 is 1.42 bits per heavy atom. The molecule has 4 nitrogen and oxygen atoms in total. The fourth-order valence-electron chi connectivity index (χ4n) is 7.24. The van der Waals surface area contributed by atoms with E-state index in [4.69, 9.17) is 121 Å². The molecule has 6 rings (SSSR count). The second-order valence-electron chi connectivity index (χ2n) is 8.72. The van der Waals surface area contributed by atoms with Gasteiger partial charge in [-0.2, -0.15) is 0 Å². The van der Waals surface area contributed by atoms with Gasteiger partial charge in [-0.25, -0.2) is 0 Å². The van der Waals surface area contributed by atoms with Crippen molar-refractivity contribution in [1.29, 1.82) is 0 Å². The summed E-state index contributed by atoms with van der Waals surface area (Å²) in [4.78, 5) is 7.97. The molecule has 0 aliphatic heterocycles. The largest absolute Gasteiger partial charge is 0.466 e. The number of Topliss-reactive ketones (excluding diaryl/α,β-unsaturated/α-hetero) is 1. The first-order valence-corrected chi connectivity index (χ1v) is 12.9. The van der Waals surface area contributed by atoms with E-state index in [9.17, 15) is 14.7 Å². The molecular weight excluding hydrogens is 623 g/mol. The summed E-state index contributed by atoms with van der Waals surface area (Å²) < 4.78 is 2.73. The first-order valence-electron chi connectivity index (χ1n) is 9.14. The average Bonchev–Trinajstić information content (AvgIpc) is 2.90. The van der Waals surface area contributed by atoms with Crippen molar-refractivity contribution >= 4 is 128 Å². The van der Waals surface area contributed by atoms with Crippen LogP contribution in [0.25, 0.3) is 0 Å². The van der Waals surface area contributed by atoms with E-state index in [1.165, 1.54) is 0 Å². The van der Waals surface area contributed by atoms with Gasteiger partial charge in [0.2, 0.25) is 0 Å². The minimum atomic E-state index is -2.36. The highest BCUT2D eigenvalue weighted by Crippen LogP contribution is 3.12. The molecule has 4 atom stereocenters. The minimum Gasteiger partial charge on any atom is -0.466 e. The number of hydrogen-bond acceptors (Lipinski definition) is 4. The molecule has 0 aromatic rings. The SMILES string of the molecule is CCOC(=O)CCC(=O)CC1(O)C2(Cl)C3(Cl)C4(Cl)C(Cl)(Cl)C5(Cl)C3(Cl)C1(Cl)C5(Cl)C42Cl.